The lowest BCUT2D eigenvalue weighted by Gasteiger charge is -2.26. The van der Waals surface area contributed by atoms with Crippen molar-refractivity contribution in [2.45, 2.75) is 0 Å². The molecule has 0 spiro atoms. The Kier molecular flexibility index (Phi) is 7.97. The van der Waals surface area contributed by atoms with E-state index in [4.69, 9.17) is 4.74 Å². The molecule has 100 valence electrons. The molecule has 2 aliphatic rings. The molecule has 0 aromatic heterocycles. The third-order valence-electron chi connectivity index (χ3n) is 2.53. The van der Waals surface area contributed by atoms with Crippen molar-refractivity contribution in [3.63, 3.8) is 0 Å². The lowest BCUT2D eigenvalue weighted by atomic mass is 10.6. The Balaban J connectivity index is 1.42. The highest BCUT2D eigenvalue weighted by Crippen LogP contribution is 2.22. The predicted octanol–water partition coefficient (Wildman–Crippen LogP) is 2.31. The van der Waals surface area contributed by atoms with Gasteiger partial charge in [-0.05, 0) is 0 Å². The predicted molar refractivity (Wildman–Crippen MR) is 83.8 cm³/mol. The van der Waals surface area contributed by atoms with Gasteiger partial charge in [0.05, 0.1) is 13.2 Å². The van der Waals surface area contributed by atoms with Gasteiger partial charge in [0, 0.05) is 46.8 Å². The van der Waals surface area contributed by atoms with E-state index < -0.39 is 0 Å². The number of nitrogens with zero attached hydrogens (tertiary/aromatic N) is 2. The van der Waals surface area contributed by atoms with Crippen molar-refractivity contribution in [1.82, 2.24) is 9.80 Å². The Morgan fingerprint density at radius 3 is 1.53 bits per heavy atom. The van der Waals surface area contributed by atoms with E-state index >= 15 is 0 Å². The minimum atomic E-state index is 0.884. The summed E-state index contributed by atoms with van der Waals surface area (Å²) in [4.78, 5) is 4.93. The summed E-state index contributed by atoms with van der Waals surface area (Å²) in [5.74, 6) is 4.71. The highest BCUT2D eigenvalue weighted by atomic mass is 32.2. The van der Waals surface area contributed by atoms with Crippen molar-refractivity contribution in [2.24, 2.45) is 0 Å². The van der Waals surface area contributed by atoms with Crippen LogP contribution in [0.25, 0.3) is 0 Å². The highest BCUT2D eigenvalue weighted by molar-refractivity contribution is 8.16. The Labute approximate surface area is 121 Å². The lowest BCUT2D eigenvalue weighted by molar-refractivity contribution is 0.0992. The molecule has 0 atom stereocenters. The molecule has 3 nitrogen and oxygen atoms in total. The molecule has 0 aliphatic carbocycles. The molecule has 0 saturated carbocycles. The normalized spacial score (nSPS) is 24.0. The monoisotopic (exact) mass is 312 g/mol. The summed E-state index contributed by atoms with van der Waals surface area (Å²) in [6.45, 7) is 3.94. The van der Waals surface area contributed by atoms with Gasteiger partial charge in [0.1, 0.15) is 0 Å². The molecule has 0 amide bonds. The van der Waals surface area contributed by atoms with Crippen LogP contribution in [0.2, 0.25) is 0 Å². The summed E-state index contributed by atoms with van der Waals surface area (Å²) in [6, 6.07) is 0. The second-order valence-corrected chi connectivity index (χ2v) is 8.52. The van der Waals surface area contributed by atoms with E-state index in [0.717, 1.165) is 26.3 Å². The molecule has 0 aromatic carbocycles. The van der Waals surface area contributed by atoms with Crippen LogP contribution in [0.1, 0.15) is 0 Å². The molecule has 2 saturated heterocycles. The summed E-state index contributed by atoms with van der Waals surface area (Å²) in [6.07, 6.45) is 0. The molecule has 0 bridgehead atoms. The van der Waals surface area contributed by atoms with Crippen molar-refractivity contribution in [3.8, 4) is 0 Å². The summed E-state index contributed by atoms with van der Waals surface area (Å²) in [5.41, 5.74) is 0. The van der Waals surface area contributed by atoms with Crippen molar-refractivity contribution in [1.29, 1.82) is 0 Å². The van der Waals surface area contributed by atoms with Crippen LogP contribution < -0.4 is 0 Å². The first-order chi connectivity index (χ1) is 8.45. The summed E-state index contributed by atoms with van der Waals surface area (Å²) < 4.78 is 5.72. The number of ether oxygens (including phenoxy) is 1. The smallest absolute Gasteiger partial charge is 0.0594 e. The molecular formula is C10H20N2OS4. The SMILES string of the molecule is C(CN1CSCSC1)OCCN1CSCSC1. The molecule has 0 unspecified atom stereocenters. The van der Waals surface area contributed by atoms with E-state index in [9.17, 15) is 0 Å². The van der Waals surface area contributed by atoms with Crippen LogP contribution in [0.4, 0.5) is 0 Å². The third-order valence-corrected chi connectivity index (χ3v) is 7.39. The molecular weight excluding hydrogens is 292 g/mol. The quantitative estimate of drug-likeness (QED) is 0.690. The van der Waals surface area contributed by atoms with Crippen LogP contribution in [0.3, 0.4) is 0 Å². The molecule has 2 fully saturated rings. The van der Waals surface area contributed by atoms with Crippen LogP contribution in [0.5, 0.6) is 0 Å². The molecule has 0 radical (unpaired) electrons. The maximum absolute atomic E-state index is 5.72. The first-order valence-electron chi connectivity index (χ1n) is 5.78. The fourth-order valence-electron chi connectivity index (χ4n) is 1.61. The van der Waals surface area contributed by atoms with E-state index in [2.05, 4.69) is 9.80 Å². The number of thioether (sulfide) groups is 4. The lowest BCUT2D eigenvalue weighted by Crippen LogP contribution is -2.32. The molecule has 0 aromatic rings. The van der Waals surface area contributed by atoms with Gasteiger partial charge in [-0.2, -0.15) is 0 Å². The fourth-order valence-corrected chi connectivity index (χ4v) is 5.89. The summed E-state index contributed by atoms with van der Waals surface area (Å²) in [5, 5.41) is 2.50. The second-order valence-electron chi connectivity index (χ2n) is 3.97. The standard InChI is InChI=1S/C10H20N2OS4/c1(11-5-14-9-15-6-11)3-13-4-2-12-7-16-10-17-8-12/h1-10H2. The van der Waals surface area contributed by atoms with Crippen LogP contribution in [-0.4, -0.2) is 69.8 Å². The van der Waals surface area contributed by atoms with Crippen molar-refractivity contribution >= 4 is 47.0 Å². The average Bonchev–Trinajstić information content (AvgIpc) is 2.41. The van der Waals surface area contributed by atoms with Gasteiger partial charge in [-0.3, -0.25) is 9.80 Å². The van der Waals surface area contributed by atoms with Gasteiger partial charge < -0.3 is 4.74 Å². The number of hydrogen-bond acceptors (Lipinski definition) is 7. The largest absolute Gasteiger partial charge is 0.379 e. The van der Waals surface area contributed by atoms with Crippen molar-refractivity contribution < 1.29 is 4.74 Å². The summed E-state index contributed by atoms with van der Waals surface area (Å²) >= 11 is 8.04. The minimum Gasteiger partial charge on any atom is -0.379 e. The second kappa shape index (κ2) is 9.23. The van der Waals surface area contributed by atoms with Gasteiger partial charge in [0.15, 0.2) is 0 Å². The minimum absolute atomic E-state index is 0.884. The first kappa shape index (κ1) is 14.7. The van der Waals surface area contributed by atoms with Gasteiger partial charge in [0.2, 0.25) is 0 Å². The molecule has 2 aliphatic heterocycles. The molecule has 17 heavy (non-hydrogen) atoms. The number of rotatable bonds is 6. The van der Waals surface area contributed by atoms with Crippen molar-refractivity contribution in [2.75, 3.05) is 60.0 Å². The Morgan fingerprint density at radius 1 is 0.706 bits per heavy atom. The highest BCUT2D eigenvalue weighted by Gasteiger charge is 2.11. The van der Waals surface area contributed by atoms with Crippen molar-refractivity contribution in [3.05, 3.63) is 0 Å². The van der Waals surface area contributed by atoms with Gasteiger partial charge in [0.25, 0.3) is 0 Å². The van der Waals surface area contributed by atoms with Gasteiger partial charge >= 0.3 is 0 Å². The molecule has 2 rings (SSSR count). The van der Waals surface area contributed by atoms with E-state index in [-0.39, 0.29) is 0 Å². The van der Waals surface area contributed by atoms with Gasteiger partial charge in [-0.1, -0.05) is 0 Å². The maximum atomic E-state index is 5.72. The zero-order valence-electron chi connectivity index (χ0n) is 10.0. The van der Waals surface area contributed by atoms with Crippen LogP contribution in [0, 0.1) is 0 Å². The average molecular weight is 313 g/mol. The van der Waals surface area contributed by atoms with E-state index in [1.807, 2.05) is 47.0 Å². The topological polar surface area (TPSA) is 15.7 Å². The van der Waals surface area contributed by atoms with E-state index in [0.29, 0.717) is 0 Å². The first-order valence-corrected chi connectivity index (χ1v) is 10.4. The van der Waals surface area contributed by atoms with Gasteiger partial charge in [-0.15, -0.1) is 47.0 Å². The summed E-state index contributed by atoms with van der Waals surface area (Å²) in [7, 11) is 0. The zero-order valence-corrected chi connectivity index (χ0v) is 13.3. The molecule has 7 heteroatoms. The maximum Gasteiger partial charge on any atom is 0.0594 e. The Morgan fingerprint density at radius 2 is 1.12 bits per heavy atom. The van der Waals surface area contributed by atoms with Crippen LogP contribution >= 0.6 is 47.0 Å². The zero-order chi connectivity index (χ0) is 11.8. The fraction of sp³-hybridized carbons (Fsp3) is 1.00. The number of hydrogen-bond donors (Lipinski definition) is 0. The molecule has 0 N–H and O–H groups in total. The Hall–Kier alpha value is 1.28. The Bertz CT molecular complexity index is 179. The van der Waals surface area contributed by atoms with E-state index in [1.165, 1.54) is 33.7 Å². The van der Waals surface area contributed by atoms with Crippen LogP contribution in [0.15, 0.2) is 0 Å². The van der Waals surface area contributed by atoms with Gasteiger partial charge in [-0.25, -0.2) is 0 Å². The van der Waals surface area contributed by atoms with Crippen LogP contribution in [-0.2, 0) is 4.74 Å². The third kappa shape index (κ3) is 6.31. The molecule has 2 heterocycles. The van der Waals surface area contributed by atoms with E-state index in [1.54, 1.807) is 0 Å².